The molecule has 1 aromatic carbocycles. The van der Waals surface area contributed by atoms with E-state index < -0.39 is 5.97 Å². The Labute approximate surface area is 156 Å². The summed E-state index contributed by atoms with van der Waals surface area (Å²) in [5, 5.41) is 8.78. The number of anilines is 1. The third kappa shape index (κ3) is 5.09. The molecule has 0 bridgehead atoms. The molecule has 0 unspecified atom stereocenters. The minimum absolute atomic E-state index is 0.211. The van der Waals surface area contributed by atoms with Crippen LogP contribution in [0.3, 0.4) is 0 Å². The van der Waals surface area contributed by atoms with Crippen LogP contribution < -0.4 is 4.90 Å². The fraction of sp³-hybridized carbons (Fsp3) is 0.636. The molecule has 0 atom stereocenters. The topological polar surface area (TPSA) is 57.6 Å². The minimum atomic E-state index is -0.738. The molecule has 142 valence electrons. The number of carboxylic acids is 1. The zero-order chi connectivity index (χ0) is 18.4. The second-order valence-corrected chi connectivity index (χ2v) is 7.90. The molecule has 0 saturated heterocycles. The van der Waals surface area contributed by atoms with Crippen LogP contribution in [0.1, 0.15) is 75.3 Å². The predicted octanol–water partition coefficient (Wildman–Crippen LogP) is 4.73. The van der Waals surface area contributed by atoms with Crippen molar-refractivity contribution in [3.63, 3.8) is 0 Å². The van der Waals surface area contributed by atoms with Crippen molar-refractivity contribution in [3.8, 4) is 0 Å². The van der Waals surface area contributed by atoms with E-state index in [0.29, 0.717) is 12.8 Å². The number of nitrogens with zero attached hydrogens (tertiary/aromatic N) is 1. The van der Waals surface area contributed by atoms with Gasteiger partial charge in [-0.15, -0.1) is 0 Å². The Morgan fingerprint density at radius 2 is 1.88 bits per heavy atom. The van der Waals surface area contributed by atoms with Crippen LogP contribution in [-0.4, -0.2) is 23.5 Å². The molecular weight excluding hydrogens is 326 g/mol. The number of aliphatic carboxylic acids is 1. The predicted molar refractivity (Wildman–Crippen MR) is 103 cm³/mol. The molecule has 4 nitrogen and oxygen atoms in total. The van der Waals surface area contributed by atoms with Gasteiger partial charge in [0.25, 0.3) is 0 Å². The molecule has 0 spiro atoms. The Kier molecular flexibility index (Phi) is 6.70. The summed E-state index contributed by atoms with van der Waals surface area (Å²) >= 11 is 0. The highest BCUT2D eigenvalue weighted by molar-refractivity contribution is 5.94. The number of hydrogen-bond donors (Lipinski definition) is 1. The van der Waals surface area contributed by atoms with E-state index in [1.54, 1.807) is 0 Å². The highest BCUT2D eigenvalue weighted by Crippen LogP contribution is 2.31. The summed E-state index contributed by atoms with van der Waals surface area (Å²) < 4.78 is 0. The van der Waals surface area contributed by atoms with Crippen LogP contribution in [0.4, 0.5) is 5.69 Å². The third-order valence-corrected chi connectivity index (χ3v) is 5.91. The molecule has 0 aromatic heterocycles. The highest BCUT2D eigenvalue weighted by atomic mass is 16.4. The smallest absolute Gasteiger partial charge is 0.303 e. The van der Waals surface area contributed by atoms with Gasteiger partial charge < -0.3 is 10.0 Å². The summed E-state index contributed by atoms with van der Waals surface area (Å²) in [6, 6.07) is 6.31. The number of amides is 1. The number of carbonyl (C=O) groups excluding carboxylic acids is 1. The molecule has 26 heavy (non-hydrogen) atoms. The Morgan fingerprint density at radius 1 is 1.08 bits per heavy atom. The number of hydrogen-bond acceptors (Lipinski definition) is 2. The van der Waals surface area contributed by atoms with Gasteiger partial charge in [-0.2, -0.15) is 0 Å². The van der Waals surface area contributed by atoms with Gasteiger partial charge in [-0.3, -0.25) is 9.59 Å². The van der Waals surface area contributed by atoms with Gasteiger partial charge in [0, 0.05) is 25.1 Å². The molecule has 1 heterocycles. The molecule has 4 heteroatoms. The maximum absolute atomic E-state index is 12.8. The standard InChI is InChI=1S/C22H31NO3/c24-21(14-12-17-6-2-1-3-7-17)23-15-5-9-19-16-18(11-13-20(19)23)8-4-10-22(25)26/h11,13,16-17H,1-10,12,14-15H2,(H,25,26). The Balaban J connectivity index is 1.58. The van der Waals surface area contributed by atoms with Crippen LogP contribution in [0.2, 0.25) is 0 Å². The Morgan fingerprint density at radius 3 is 2.65 bits per heavy atom. The second kappa shape index (κ2) is 9.20. The molecule has 2 aliphatic rings. The molecule has 1 aromatic rings. The van der Waals surface area contributed by atoms with E-state index in [4.69, 9.17) is 5.11 Å². The van der Waals surface area contributed by atoms with E-state index in [1.165, 1.54) is 43.2 Å². The first-order valence-corrected chi connectivity index (χ1v) is 10.3. The first kappa shape index (κ1) is 18.9. The van der Waals surface area contributed by atoms with Crippen LogP contribution >= 0.6 is 0 Å². The summed E-state index contributed by atoms with van der Waals surface area (Å²) in [4.78, 5) is 25.5. The van der Waals surface area contributed by atoms with Gasteiger partial charge in [0.15, 0.2) is 0 Å². The Bertz CT molecular complexity index is 634. The summed E-state index contributed by atoms with van der Waals surface area (Å²) in [5.74, 6) is 0.279. The fourth-order valence-electron chi connectivity index (χ4n) is 4.45. The number of carboxylic acid groups (broad SMARTS) is 1. The maximum atomic E-state index is 12.8. The molecule has 1 saturated carbocycles. The molecule has 0 radical (unpaired) electrons. The lowest BCUT2D eigenvalue weighted by Crippen LogP contribution is -2.35. The van der Waals surface area contributed by atoms with Crippen LogP contribution in [0.25, 0.3) is 0 Å². The van der Waals surface area contributed by atoms with E-state index in [9.17, 15) is 9.59 Å². The maximum Gasteiger partial charge on any atom is 0.303 e. The molecule has 1 aliphatic heterocycles. The second-order valence-electron chi connectivity index (χ2n) is 7.90. The van der Waals surface area contributed by atoms with Gasteiger partial charge >= 0.3 is 5.97 Å². The monoisotopic (exact) mass is 357 g/mol. The molecule has 1 aliphatic carbocycles. The van der Waals surface area contributed by atoms with Gasteiger partial charge in [0.05, 0.1) is 0 Å². The molecule has 1 amide bonds. The lowest BCUT2D eigenvalue weighted by molar-refractivity contribution is -0.137. The van der Waals surface area contributed by atoms with Crippen molar-refractivity contribution in [2.75, 3.05) is 11.4 Å². The van der Waals surface area contributed by atoms with Crippen molar-refractivity contribution in [2.45, 2.75) is 77.0 Å². The zero-order valence-electron chi connectivity index (χ0n) is 15.7. The SMILES string of the molecule is O=C(O)CCCc1ccc2c(c1)CCCN2C(=O)CCC1CCCCC1. The van der Waals surface area contributed by atoms with Gasteiger partial charge in [-0.25, -0.2) is 0 Å². The first-order valence-electron chi connectivity index (χ1n) is 10.3. The number of carbonyl (C=O) groups is 2. The Hall–Kier alpha value is -1.84. The minimum Gasteiger partial charge on any atom is -0.481 e. The molecule has 3 rings (SSSR count). The first-order chi connectivity index (χ1) is 12.6. The quantitative estimate of drug-likeness (QED) is 0.767. The van der Waals surface area contributed by atoms with Crippen LogP contribution in [0, 0.1) is 5.92 Å². The van der Waals surface area contributed by atoms with Crippen molar-refractivity contribution in [1.82, 2.24) is 0 Å². The lowest BCUT2D eigenvalue weighted by Gasteiger charge is -2.31. The average Bonchev–Trinajstić information content (AvgIpc) is 2.66. The van der Waals surface area contributed by atoms with Gasteiger partial charge in [-0.05, 0) is 55.2 Å². The normalized spacial score (nSPS) is 17.8. The van der Waals surface area contributed by atoms with E-state index in [1.807, 2.05) is 4.90 Å². The highest BCUT2D eigenvalue weighted by Gasteiger charge is 2.24. The zero-order valence-corrected chi connectivity index (χ0v) is 15.7. The van der Waals surface area contributed by atoms with Gasteiger partial charge in [0.1, 0.15) is 0 Å². The summed E-state index contributed by atoms with van der Waals surface area (Å²) in [6.07, 6.45) is 12.0. The third-order valence-electron chi connectivity index (χ3n) is 5.91. The summed E-state index contributed by atoms with van der Waals surface area (Å²) in [5.41, 5.74) is 3.50. The van der Waals surface area contributed by atoms with E-state index in [-0.39, 0.29) is 12.3 Å². The summed E-state index contributed by atoms with van der Waals surface area (Å²) in [6.45, 7) is 0.828. The molecule has 1 fully saturated rings. The van der Waals surface area contributed by atoms with Crippen molar-refractivity contribution in [1.29, 1.82) is 0 Å². The van der Waals surface area contributed by atoms with Crippen LogP contribution in [0.5, 0.6) is 0 Å². The summed E-state index contributed by atoms with van der Waals surface area (Å²) in [7, 11) is 0. The number of benzene rings is 1. The number of aryl methyl sites for hydroxylation is 2. The largest absolute Gasteiger partial charge is 0.481 e. The van der Waals surface area contributed by atoms with E-state index in [2.05, 4.69) is 18.2 Å². The van der Waals surface area contributed by atoms with Gasteiger partial charge in [-0.1, -0.05) is 44.2 Å². The van der Waals surface area contributed by atoms with Crippen LogP contribution in [-0.2, 0) is 22.4 Å². The van der Waals surface area contributed by atoms with Gasteiger partial charge in [0.2, 0.25) is 5.91 Å². The van der Waals surface area contributed by atoms with Crippen molar-refractivity contribution < 1.29 is 14.7 Å². The van der Waals surface area contributed by atoms with Crippen molar-refractivity contribution in [2.24, 2.45) is 5.92 Å². The molecular formula is C22H31NO3. The fourth-order valence-corrected chi connectivity index (χ4v) is 4.45. The number of fused-ring (bicyclic) bond motifs is 1. The molecule has 1 N–H and O–H groups in total. The average molecular weight is 357 g/mol. The number of rotatable bonds is 7. The van der Waals surface area contributed by atoms with Crippen molar-refractivity contribution in [3.05, 3.63) is 29.3 Å². The van der Waals surface area contributed by atoms with Crippen LogP contribution in [0.15, 0.2) is 18.2 Å². The van der Waals surface area contributed by atoms with E-state index >= 15 is 0 Å². The van der Waals surface area contributed by atoms with Crippen molar-refractivity contribution >= 4 is 17.6 Å². The van der Waals surface area contributed by atoms with E-state index in [0.717, 1.165) is 43.8 Å². The lowest BCUT2D eigenvalue weighted by atomic mass is 9.86.